The van der Waals surface area contributed by atoms with E-state index in [2.05, 4.69) is 19.2 Å². The highest BCUT2D eigenvalue weighted by Crippen LogP contribution is 2.27. The van der Waals surface area contributed by atoms with Crippen molar-refractivity contribution in [3.63, 3.8) is 0 Å². The van der Waals surface area contributed by atoms with Crippen LogP contribution >= 0.6 is 11.6 Å². The van der Waals surface area contributed by atoms with Crippen LogP contribution in [-0.4, -0.2) is 18.5 Å². The zero-order chi connectivity index (χ0) is 20.0. The van der Waals surface area contributed by atoms with Gasteiger partial charge >= 0.3 is 5.97 Å². The molecule has 0 aliphatic heterocycles. The topological polar surface area (TPSA) is 55.4 Å². The monoisotopic (exact) mass is 387 g/mol. The first kappa shape index (κ1) is 21.0. The lowest BCUT2D eigenvalue weighted by atomic mass is 9.88. The van der Waals surface area contributed by atoms with E-state index in [0.29, 0.717) is 5.02 Å². The number of ether oxygens (including phenoxy) is 1. The Bertz CT molecular complexity index is 784. The Labute approximate surface area is 165 Å². The maximum Gasteiger partial charge on any atom is 0.314 e. The number of carbonyl (C=O) groups is 2. The second-order valence-electron chi connectivity index (χ2n) is 7.17. The fraction of sp³-hybridized carbons (Fsp3) is 0.364. The van der Waals surface area contributed by atoms with Gasteiger partial charge in [0.25, 0.3) is 5.91 Å². The van der Waals surface area contributed by atoms with Gasteiger partial charge in [-0.3, -0.25) is 9.59 Å². The molecule has 0 unspecified atom stereocenters. The van der Waals surface area contributed by atoms with Crippen LogP contribution in [0, 0.1) is 5.92 Å². The number of rotatable bonds is 7. The average molecular weight is 388 g/mol. The van der Waals surface area contributed by atoms with Crippen molar-refractivity contribution in [1.29, 1.82) is 0 Å². The van der Waals surface area contributed by atoms with Crippen LogP contribution in [0.15, 0.2) is 48.5 Å². The number of hydrogen-bond acceptors (Lipinski definition) is 3. The summed E-state index contributed by atoms with van der Waals surface area (Å²) in [5.74, 6) is -0.907. The molecule has 5 heteroatoms. The van der Waals surface area contributed by atoms with Crippen molar-refractivity contribution in [3.05, 3.63) is 64.7 Å². The number of halogens is 1. The maximum absolute atomic E-state index is 12.6. The first-order chi connectivity index (χ1) is 12.8. The van der Waals surface area contributed by atoms with Crippen molar-refractivity contribution in [3.8, 4) is 0 Å². The van der Waals surface area contributed by atoms with E-state index < -0.39 is 11.9 Å². The molecular weight excluding hydrogens is 362 g/mol. The molecule has 0 spiro atoms. The number of esters is 1. The largest absolute Gasteiger partial charge is 0.455 e. The lowest BCUT2D eigenvalue weighted by Crippen LogP contribution is -2.26. The minimum absolute atomic E-state index is 0.0309. The lowest BCUT2D eigenvalue weighted by molar-refractivity contribution is -0.149. The van der Waals surface area contributed by atoms with Crippen molar-refractivity contribution in [2.75, 3.05) is 11.9 Å². The number of hydrogen-bond donors (Lipinski definition) is 1. The molecule has 0 aromatic heterocycles. The van der Waals surface area contributed by atoms with E-state index in [-0.39, 0.29) is 24.3 Å². The Kier molecular flexibility index (Phi) is 7.43. The summed E-state index contributed by atoms with van der Waals surface area (Å²) >= 11 is 5.92. The van der Waals surface area contributed by atoms with Gasteiger partial charge in [0.05, 0.1) is 5.92 Å². The fourth-order valence-corrected chi connectivity index (χ4v) is 3.12. The normalized spacial score (nSPS) is 12.1. The number of benzene rings is 2. The van der Waals surface area contributed by atoms with Crippen LogP contribution in [0.3, 0.4) is 0 Å². The molecule has 2 aromatic rings. The van der Waals surface area contributed by atoms with Crippen LogP contribution in [0.4, 0.5) is 5.69 Å². The first-order valence-electron chi connectivity index (χ1n) is 9.10. The third-order valence-electron chi connectivity index (χ3n) is 4.35. The third kappa shape index (κ3) is 5.83. The maximum atomic E-state index is 12.6. The van der Waals surface area contributed by atoms with Crippen LogP contribution in [0.1, 0.15) is 50.7 Å². The molecule has 0 fully saturated rings. The lowest BCUT2D eigenvalue weighted by Gasteiger charge is -2.20. The molecule has 27 heavy (non-hydrogen) atoms. The fourth-order valence-electron chi connectivity index (χ4n) is 2.99. The Hall–Kier alpha value is -2.33. The summed E-state index contributed by atoms with van der Waals surface area (Å²) in [6, 6.07) is 14.7. The summed E-state index contributed by atoms with van der Waals surface area (Å²) in [6.07, 6.45) is 0. The molecule has 0 aliphatic carbocycles. The highest BCUT2D eigenvalue weighted by atomic mass is 35.5. The SMILES string of the molecule is CC(C)c1ccccc1NC(=O)COC(=O)[C@@H](c1ccc(Cl)cc1)C(C)C. The number of para-hydroxylation sites is 1. The van der Waals surface area contributed by atoms with Crippen molar-refractivity contribution < 1.29 is 14.3 Å². The van der Waals surface area contributed by atoms with Gasteiger partial charge in [-0.2, -0.15) is 0 Å². The molecule has 144 valence electrons. The molecule has 1 N–H and O–H groups in total. The molecule has 0 saturated carbocycles. The highest BCUT2D eigenvalue weighted by molar-refractivity contribution is 6.30. The van der Waals surface area contributed by atoms with E-state index >= 15 is 0 Å². The molecular formula is C22H26ClNO3. The molecule has 0 saturated heterocycles. The zero-order valence-electron chi connectivity index (χ0n) is 16.2. The molecule has 4 nitrogen and oxygen atoms in total. The quantitative estimate of drug-likeness (QED) is 0.648. The summed E-state index contributed by atoms with van der Waals surface area (Å²) in [5.41, 5.74) is 2.61. The van der Waals surface area contributed by atoms with Gasteiger partial charge in [-0.05, 0) is 41.2 Å². The van der Waals surface area contributed by atoms with Gasteiger partial charge in [0.2, 0.25) is 0 Å². The number of nitrogens with one attached hydrogen (secondary N) is 1. The summed E-state index contributed by atoms with van der Waals surface area (Å²) in [6.45, 7) is 7.69. The second kappa shape index (κ2) is 9.56. The molecule has 0 radical (unpaired) electrons. The van der Waals surface area contributed by atoms with Gasteiger partial charge in [0.15, 0.2) is 6.61 Å². The van der Waals surface area contributed by atoms with Gasteiger partial charge in [0, 0.05) is 10.7 Å². The van der Waals surface area contributed by atoms with E-state index in [1.165, 1.54) is 0 Å². The first-order valence-corrected chi connectivity index (χ1v) is 9.48. The molecule has 1 amide bonds. The number of anilines is 1. The minimum atomic E-state index is -0.446. The van der Waals surface area contributed by atoms with Gasteiger partial charge in [-0.25, -0.2) is 0 Å². The van der Waals surface area contributed by atoms with Gasteiger partial charge in [0.1, 0.15) is 0 Å². The third-order valence-corrected chi connectivity index (χ3v) is 4.60. The Morgan fingerprint density at radius 1 is 1.00 bits per heavy atom. The van der Waals surface area contributed by atoms with E-state index in [1.807, 2.05) is 50.2 Å². The molecule has 0 bridgehead atoms. The zero-order valence-corrected chi connectivity index (χ0v) is 16.9. The summed E-state index contributed by atoms with van der Waals surface area (Å²) in [5, 5.41) is 3.44. The summed E-state index contributed by atoms with van der Waals surface area (Å²) in [7, 11) is 0. The molecule has 1 atom stereocenters. The predicted octanol–water partition coefficient (Wildman–Crippen LogP) is 5.38. The molecule has 0 heterocycles. The standard InChI is InChI=1S/C22H26ClNO3/c1-14(2)18-7-5-6-8-19(18)24-20(25)13-27-22(26)21(15(3)4)16-9-11-17(23)12-10-16/h5-12,14-15,21H,13H2,1-4H3,(H,24,25)/t21-/m1/s1. The predicted molar refractivity (Wildman–Crippen MR) is 109 cm³/mol. The Morgan fingerprint density at radius 3 is 2.22 bits per heavy atom. The van der Waals surface area contributed by atoms with E-state index in [9.17, 15) is 9.59 Å². The Balaban J connectivity index is 2.01. The van der Waals surface area contributed by atoms with Gasteiger partial charge in [-0.15, -0.1) is 0 Å². The van der Waals surface area contributed by atoms with Crippen LogP contribution in [-0.2, 0) is 14.3 Å². The number of amides is 1. The Morgan fingerprint density at radius 2 is 1.63 bits per heavy atom. The van der Waals surface area contributed by atoms with Gasteiger partial charge < -0.3 is 10.1 Å². The van der Waals surface area contributed by atoms with E-state index in [1.54, 1.807) is 12.1 Å². The molecule has 2 aromatic carbocycles. The molecule has 2 rings (SSSR count). The average Bonchev–Trinajstić information content (AvgIpc) is 2.62. The molecule has 0 aliphatic rings. The summed E-state index contributed by atoms with van der Waals surface area (Å²) < 4.78 is 5.30. The van der Waals surface area contributed by atoms with Gasteiger partial charge in [-0.1, -0.05) is 69.6 Å². The van der Waals surface area contributed by atoms with E-state index in [0.717, 1.165) is 16.8 Å². The van der Waals surface area contributed by atoms with Crippen molar-refractivity contribution in [2.24, 2.45) is 5.92 Å². The van der Waals surface area contributed by atoms with Crippen molar-refractivity contribution in [2.45, 2.75) is 39.5 Å². The highest BCUT2D eigenvalue weighted by Gasteiger charge is 2.26. The van der Waals surface area contributed by atoms with Crippen LogP contribution in [0.25, 0.3) is 0 Å². The minimum Gasteiger partial charge on any atom is -0.455 e. The van der Waals surface area contributed by atoms with Crippen molar-refractivity contribution >= 4 is 29.2 Å². The van der Waals surface area contributed by atoms with Crippen molar-refractivity contribution in [1.82, 2.24) is 0 Å². The van der Waals surface area contributed by atoms with Crippen LogP contribution < -0.4 is 5.32 Å². The van der Waals surface area contributed by atoms with Crippen LogP contribution in [0.5, 0.6) is 0 Å². The van der Waals surface area contributed by atoms with Crippen LogP contribution in [0.2, 0.25) is 5.02 Å². The summed E-state index contributed by atoms with van der Waals surface area (Å²) in [4.78, 5) is 24.8. The smallest absolute Gasteiger partial charge is 0.314 e. The number of carbonyl (C=O) groups excluding carboxylic acids is 2. The van der Waals surface area contributed by atoms with E-state index in [4.69, 9.17) is 16.3 Å². The second-order valence-corrected chi connectivity index (χ2v) is 7.61.